The zero-order valence-corrected chi connectivity index (χ0v) is 9.66. The van der Waals surface area contributed by atoms with Crippen LogP contribution in [-0.4, -0.2) is 37.1 Å². The average Bonchev–Trinajstić information content (AvgIpc) is 2.16. The van der Waals surface area contributed by atoms with Gasteiger partial charge in [-0.2, -0.15) is 0 Å². The van der Waals surface area contributed by atoms with Gasteiger partial charge in [-0.05, 0) is 32.6 Å². The first kappa shape index (κ1) is 11.9. The summed E-state index contributed by atoms with van der Waals surface area (Å²) in [7, 11) is 4.02. The molecule has 0 amide bonds. The Bertz CT molecular complexity index is 313. The van der Waals surface area contributed by atoms with Crippen LogP contribution >= 0.6 is 0 Å². The summed E-state index contributed by atoms with van der Waals surface area (Å²) in [5, 5.41) is 0. The molecule has 0 saturated heterocycles. The van der Waals surface area contributed by atoms with E-state index in [2.05, 4.69) is 9.88 Å². The number of nitrogens with two attached hydrogens (primary N) is 1. The van der Waals surface area contributed by atoms with Crippen LogP contribution < -0.4 is 10.5 Å². The number of hydrogen-bond donors (Lipinski definition) is 1. The number of hydrogen-bond acceptors (Lipinski definition) is 4. The minimum absolute atomic E-state index is 0.521. The molecule has 0 saturated carbocycles. The third-order valence-corrected chi connectivity index (χ3v) is 2.01. The topological polar surface area (TPSA) is 51.4 Å². The molecule has 0 bridgehead atoms. The minimum atomic E-state index is 0.521. The average molecular weight is 209 g/mol. The van der Waals surface area contributed by atoms with Crippen LogP contribution in [0.2, 0.25) is 0 Å². The Labute approximate surface area is 91.1 Å². The van der Waals surface area contributed by atoms with Gasteiger partial charge in [0.05, 0.1) is 0 Å². The molecule has 1 rings (SSSR count). The number of rotatable bonds is 5. The van der Waals surface area contributed by atoms with Gasteiger partial charge in [-0.3, -0.25) is 0 Å². The van der Waals surface area contributed by atoms with E-state index in [9.17, 15) is 0 Å². The second-order valence-corrected chi connectivity index (χ2v) is 3.81. The first-order chi connectivity index (χ1) is 7.11. The Balaban J connectivity index is 2.56. The van der Waals surface area contributed by atoms with Gasteiger partial charge in [0.15, 0.2) is 0 Å². The molecule has 84 valence electrons. The maximum Gasteiger partial charge on any atom is 0.213 e. The van der Waals surface area contributed by atoms with Crippen LogP contribution in [0.5, 0.6) is 5.88 Å². The number of ether oxygens (including phenoxy) is 1. The number of aryl methyl sites for hydroxylation is 1. The highest BCUT2D eigenvalue weighted by Crippen LogP contribution is 2.11. The maximum atomic E-state index is 5.57. The molecule has 0 aliphatic rings. The van der Waals surface area contributed by atoms with Crippen LogP contribution in [0.15, 0.2) is 12.1 Å². The van der Waals surface area contributed by atoms with Crippen LogP contribution in [0.4, 0.5) is 0 Å². The summed E-state index contributed by atoms with van der Waals surface area (Å²) in [4.78, 5) is 6.35. The van der Waals surface area contributed by atoms with Gasteiger partial charge in [-0.15, -0.1) is 0 Å². The third-order valence-electron chi connectivity index (χ3n) is 2.01. The van der Waals surface area contributed by atoms with Crippen LogP contribution in [0, 0.1) is 6.92 Å². The third kappa shape index (κ3) is 4.27. The van der Waals surface area contributed by atoms with Crippen molar-refractivity contribution in [3.05, 3.63) is 23.4 Å². The van der Waals surface area contributed by atoms with Crippen molar-refractivity contribution in [2.75, 3.05) is 27.2 Å². The van der Waals surface area contributed by atoms with Crippen molar-refractivity contribution < 1.29 is 4.74 Å². The van der Waals surface area contributed by atoms with Gasteiger partial charge >= 0.3 is 0 Å². The molecule has 0 aliphatic heterocycles. The molecule has 1 heterocycles. The molecule has 1 aromatic rings. The fourth-order valence-corrected chi connectivity index (χ4v) is 1.23. The fourth-order valence-electron chi connectivity index (χ4n) is 1.23. The summed E-state index contributed by atoms with van der Waals surface area (Å²) in [5.41, 5.74) is 7.57. The summed E-state index contributed by atoms with van der Waals surface area (Å²) in [6, 6.07) is 3.86. The molecule has 15 heavy (non-hydrogen) atoms. The number of likely N-dealkylation sites (N-methyl/N-ethyl adjacent to an activating group) is 1. The Morgan fingerprint density at radius 1 is 1.40 bits per heavy atom. The Morgan fingerprint density at radius 2 is 2.13 bits per heavy atom. The lowest BCUT2D eigenvalue weighted by Gasteiger charge is -2.11. The predicted octanol–water partition coefficient (Wildman–Crippen LogP) is 0.789. The van der Waals surface area contributed by atoms with Crippen molar-refractivity contribution in [1.29, 1.82) is 0 Å². The summed E-state index contributed by atoms with van der Waals surface area (Å²) in [6.07, 6.45) is 0. The van der Waals surface area contributed by atoms with Gasteiger partial charge < -0.3 is 15.4 Å². The molecule has 4 nitrogen and oxygen atoms in total. The van der Waals surface area contributed by atoms with Crippen molar-refractivity contribution in [3.63, 3.8) is 0 Å². The van der Waals surface area contributed by atoms with E-state index in [1.54, 1.807) is 0 Å². The molecule has 0 aromatic carbocycles. The highest BCUT2D eigenvalue weighted by molar-refractivity contribution is 5.24. The maximum absolute atomic E-state index is 5.57. The number of nitrogens with zero attached hydrogens (tertiary/aromatic N) is 2. The first-order valence-electron chi connectivity index (χ1n) is 5.07. The number of aromatic nitrogens is 1. The van der Waals surface area contributed by atoms with Gasteiger partial charge in [-0.1, -0.05) is 0 Å². The molecule has 4 heteroatoms. The van der Waals surface area contributed by atoms with Crippen molar-refractivity contribution in [1.82, 2.24) is 9.88 Å². The summed E-state index contributed by atoms with van der Waals surface area (Å²) in [5.74, 6) is 0.664. The van der Waals surface area contributed by atoms with E-state index in [-0.39, 0.29) is 0 Å². The molecule has 0 unspecified atom stereocenters. The molecule has 0 fully saturated rings. The molecular formula is C11H19N3O. The lowest BCUT2D eigenvalue weighted by atomic mass is 10.2. The van der Waals surface area contributed by atoms with E-state index in [1.165, 1.54) is 0 Å². The predicted molar refractivity (Wildman–Crippen MR) is 60.9 cm³/mol. The lowest BCUT2D eigenvalue weighted by Crippen LogP contribution is -2.19. The van der Waals surface area contributed by atoms with Gasteiger partial charge in [0.2, 0.25) is 5.88 Å². The molecule has 1 aromatic heterocycles. The Kier molecular flexibility index (Phi) is 4.52. The number of pyridine rings is 1. The highest BCUT2D eigenvalue weighted by Gasteiger charge is 2.00. The van der Waals surface area contributed by atoms with Crippen molar-refractivity contribution in [3.8, 4) is 5.88 Å². The van der Waals surface area contributed by atoms with Crippen molar-refractivity contribution in [2.45, 2.75) is 13.5 Å². The SMILES string of the molecule is Cc1cc(CN)cc(OCCN(C)C)n1. The summed E-state index contributed by atoms with van der Waals surface area (Å²) < 4.78 is 5.53. The van der Waals surface area contributed by atoms with E-state index in [0.717, 1.165) is 17.8 Å². The summed E-state index contributed by atoms with van der Waals surface area (Å²) >= 11 is 0. The first-order valence-corrected chi connectivity index (χ1v) is 5.07. The van der Waals surface area contributed by atoms with Crippen molar-refractivity contribution >= 4 is 0 Å². The molecule has 0 aliphatic carbocycles. The van der Waals surface area contributed by atoms with Crippen molar-refractivity contribution in [2.24, 2.45) is 5.73 Å². The van der Waals surface area contributed by atoms with Gasteiger partial charge in [0.25, 0.3) is 0 Å². The smallest absolute Gasteiger partial charge is 0.213 e. The quantitative estimate of drug-likeness (QED) is 0.779. The zero-order chi connectivity index (χ0) is 11.3. The van der Waals surface area contributed by atoms with E-state index in [4.69, 9.17) is 10.5 Å². The van der Waals surface area contributed by atoms with Crippen LogP contribution in [0.3, 0.4) is 0 Å². The van der Waals surface area contributed by atoms with Gasteiger partial charge in [0, 0.05) is 24.8 Å². The largest absolute Gasteiger partial charge is 0.476 e. The zero-order valence-electron chi connectivity index (χ0n) is 9.66. The fraction of sp³-hybridized carbons (Fsp3) is 0.545. The van der Waals surface area contributed by atoms with Crippen LogP contribution in [0.1, 0.15) is 11.3 Å². The van der Waals surface area contributed by atoms with E-state index >= 15 is 0 Å². The van der Waals surface area contributed by atoms with E-state index < -0.39 is 0 Å². The molecule has 2 N–H and O–H groups in total. The highest BCUT2D eigenvalue weighted by atomic mass is 16.5. The van der Waals surface area contributed by atoms with Gasteiger partial charge in [-0.25, -0.2) is 4.98 Å². The van der Waals surface area contributed by atoms with E-state index in [1.807, 2.05) is 33.2 Å². The second-order valence-electron chi connectivity index (χ2n) is 3.81. The van der Waals surface area contributed by atoms with Crippen LogP contribution in [-0.2, 0) is 6.54 Å². The minimum Gasteiger partial charge on any atom is -0.476 e. The van der Waals surface area contributed by atoms with E-state index in [0.29, 0.717) is 19.0 Å². The Hall–Kier alpha value is -1.13. The Morgan fingerprint density at radius 3 is 2.73 bits per heavy atom. The monoisotopic (exact) mass is 209 g/mol. The normalized spacial score (nSPS) is 10.7. The molecular weight excluding hydrogens is 190 g/mol. The standard InChI is InChI=1S/C11H19N3O/c1-9-6-10(8-12)7-11(13-9)15-5-4-14(2)3/h6-7H,4-5,8,12H2,1-3H3. The van der Waals surface area contributed by atoms with Gasteiger partial charge in [0.1, 0.15) is 6.61 Å². The molecule has 0 radical (unpaired) electrons. The summed E-state index contributed by atoms with van der Waals surface area (Å²) in [6.45, 7) is 3.99. The molecule has 0 atom stereocenters. The molecule has 0 spiro atoms. The van der Waals surface area contributed by atoms with Crippen LogP contribution in [0.25, 0.3) is 0 Å². The second kappa shape index (κ2) is 5.68. The lowest BCUT2D eigenvalue weighted by molar-refractivity contribution is 0.253.